The number of halogens is 3. The maximum atomic E-state index is 15.3. The molecule has 1 aliphatic heterocycles. The molecule has 0 radical (unpaired) electrons. The number of amides is 3. The van der Waals surface area contributed by atoms with Crippen molar-refractivity contribution in [2.45, 2.75) is 83.2 Å². The molecule has 1 aromatic heterocycles. The minimum Gasteiger partial charge on any atom is -0.341 e. The van der Waals surface area contributed by atoms with Crippen LogP contribution in [0.4, 0.5) is 18.9 Å². The molecule has 4 aliphatic rings. The second-order valence-electron chi connectivity index (χ2n) is 13.3. The number of nitrogens with zero attached hydrogens (tertiary/aromatic N) is 3. The minimum absolute atomic E-state index is 0.0279. The van der Waals surface area contributed by atoms with E-state index < -0.39 is 40.9 Å². The SMILES string of the molecule is CC(C(=O)N1CC2(C1)CC(F)(F)C2)c1ccc(NC(=O)C(NC(=O)c2ccnn2C(C)C)C(C2CC2)C2CC2)c(F)c1. The first-order valence-corrected chi connectivity index (χ1v) is 15.0. The third kappa shape index (κ3) is 5.54. The third-order valence-corrected chi connectivity index (χ3v) is 9.43. The van der Waals surface area contributed by atoms with Crippen molar-refractivity contribution in [3.63, 3.8) is 0 Å². The van der Waals surface area contributed by atoms with Gasteiger partial charge in [0, 0.05) is 43.6 Å². The van der Waals surface area contributed by atoms with Gasteiger partial charge >= 0.3 is 0 Å². The molecule has 3 saturated carbocycles. The van der Waals surface area contributed by atoms with Crippen molar-refractivity contribution in [2.75, 3.05) is 18.4 Å². The van der Waals surface area contributed by atoms with Crippen LogP contribution in [0.3, 0.4) is 0 Å². The van der Waals surface area contributed by atoms with Gasteiger partial charge in [0.1, 0.15) is 17.6 Å². The summed E-state index contributed by atoms with van der Waals surface area (Å²) in [6.07, 6.45) is 5.18. The molecule has 2 atom stereocenters. The van der Waals surface area contributed by atoms with E-state index >= 15 is 4.39 Å². The minimum atomic E-state index is -2.64. The summed E-state index contributed by atoms with van der Waals surface area (Å²) in [5, 5.41) is 9.89. The molecule has 42 heavy (non-hydrogen) atoms. The number of likely N-dealkylation sites (tertiary alicyclic amines) is 1. The highest BCUT2D eigenvalue weighted by Crippen LogP contribution is 2.57. The summed E-state index contributed by atoms with van der Waals surface area (Å²) in [7, 11) is 0. The summed E-state index contributed by atoms with van der Waals surface area (Å²) in [5.41, 5.74) is 0.301. The summed E-state index contributed by atoms with van der Waals surface area (Å²) in [5.74, 6) is -4.42. The number of aromatic nitrogens is 2. The predicted octanol–water partition coefficient (Wildman–Crippen LogP) is 5.14. The van der Waals surface area contributed by atoms with Crippen molar-refractivity contribution in [3.8, 4) is 0 Å². The summed E-state index contributed by atoms with van der Waals surface area (Å²) in [6, 6.07) is 5.03. The van der Waals surface area contributed by atoms with Crippen molar-refractivity contribution in [2.24, 2.45) is 23.2 Å². The Kier molecular flexibility index (Phi) is 7.13. The first kappa shape index (κ1) is 28.7. The molecule has 2 heterocycles. The fraction of sp³-hybridized carbons (Fsp3) is 0.613. The standard InChI is InChI=1S/C31H38F3N5O3/c1-17(2)39-24(10-11-35-39)27(40)37-26(25(19-4-5-19)20-6-7-20)28(41)36-23-9-8-21(12-22(23)32)18(3)29(42)38-15-30(16-38)13-31(33,34)14-30/h8-12,17-20,25-26H,4-7,13-16H2,1-3H3,(H,36,41)(H,37,40). The molecule has 1 spiro atoms. The zero-order valence-electron chi connectivity index (χ0n) is 24.2. The number of rotatable bonds is 10. The van der Waals surface area contributed by atoms with E-state index in [2.05, 4.69) is 15.7 Å². The van der Waals surface area contributed by atoms with Crippen LogP contribution in [0, 0.1) is 29.0 Å². The average molecular weight is 586 g/mol. The Balaban J connectivity index is 1.14. The molecule has 8 nitrogen and oxygen atoms in total. The number of benzene rings is 1. The van der Waals surface area contributed by atoms with Crippen LogP contribution >= 0.6 is 0 Å². The lowest BCUT2D eigenvalue weighted by Gasteiger charge is -2.58. The monoisotopic (exact) mass is 585 g/mol. The predicted molar refractivity (Wildman–Crippen MR) is 149 cm³/mol. The number of alkyl halides is 2. The summed E-state index contributed by atoms with van der Waals surface area (Å²) in [6.45, 7) is 6.11. The Morgan fingerprint density at radius 3 is 2.19 bits per heavy atom. The van der Waals surface area contributed by atoms with E-state index in [4.69, 9.17) is 0 Å². The number of nitrogens with one attached hydrogen (secondary N) is 2. The van der Waals surface area contributed by atoms with Crippen LogP contribution in [-0.2, 0) is 9.59 Å². The maximum absolute atomic E-state index is 15.3. The normalized spacial score (nSPS) is 22.0. The van der Waals surface area contributed by atoms with Crippen molar-refractivity contribution in [1.82, 2.24) is 20.0 Å². The van der Waals surface area contributed by atoms with Crippen molar-refractivity contribution in [3.05, 3.63) is 47.5 Å². The molecule has 1 aromatic carbocycles. The molecule has 0 bridgehead atoms. The number of hydrogen-bond acceptors (Lipinski definition) is 4. The van der Waals surface area contributed by atoms with Gasteiger partial charge in [0.25, 0.3) is 5.91 Å². The first-order valence-electron chi connectivity index (χ1n) is 15.0. The van der Waals surface area contributed by atoms with E-state index in [-0.39, 0.29) is 36.4 Å². The average Bonchev–Trinajstić information content (AvgIpc) is 3.84. The number of carbonyl (C=O) groups is 3. The maximum Gasteiger partial charge on any atom is 0.270 e. The van der Waals surface area contributed by atoms with E-state index in [0.717, 1.165) is 25.7 Å². The van der Waals surface area contributed by atoms with Gasteiger partial charge in [-0.15, -0.1) is 0 Å². The van der Waals surface area contributed by atoms with Crippen molar-refractivity contribution < 1.29 is 27.6 Å². The second kappa shape index (κ2) is 10.4. The molecule has 6 rings (SSSR count). The molecule has 2 N–H and O–H groups in total. The van der Waals surface area contributed by atoms with Crippen LogP contribution in [0.15, 0.2) is 30.5 Å². The van der Waals surface area contributed by atoms with Crippen molar-refractivity contribution >= 4 is 23.4 Å². The molecular formula is C31H38F3N5O3. The topological polar surface area (TPSA) is 96.3 Å². The van der Waals surface area contributed by atoms with Crippen LogP contribution < -0.4 is 10.6 Å². The van der Waals surface area contributed by atoms with E-state index in [9.17, 15) is 23.2 Å². The van der Waals surface area contributed by atoms with Gasteiger partial charge in [-0.3, -0.25) is 19.1 Å². The molecule has 2 unspecified atom stereocenters. The lowest BCUT2D eigenvalue weighted by Crippen LogP contribution is -2.67. The van der Waals surface area contributed by atoms with E-state index in [1.54, 1.807) is 34.8 Å². The number of hydrogen-bond donors (Lipinski definition) is 2. The highest BCUT2D eigenvalue weighted by atomic mass is 19.3. The molecule has 3 amide bonds. The Hall–Kier alpha value is -3.37. The molecule has 2 aromatic rings. The summed E-state index contributed by atoms with van der Waals surface area (Å²) in [4.78, 5) is 41.5. The fourth-order valence-corrected chi connectivity index (χ4v) is 7.07. The second-order valence-corrected chi connectivity index (χ2v) is 13.3. The molecule has 3 aliphatic carbocycles. The molecule has 4 fully saturated rings. The summed E-state index contributed by atoms with van der Waals surface area (Å²) < 4.78 is 43.6. The Bertz CT molecular complexity index is 1370. The van der Waals surface area contributed by atoms with Gasteiger partial charge in [0.05, 0.1) is 11.6 Å². The van der Waals surface area contributed by atoms with Crippen LogP contribution in [0.1, 0.15) is 87.3 Å². The van der Waals surface area contributed by atoms with Gasteiger partial charge in [-0.1, -0.05) is 6.07 Å². The summed E-state index contributed by atoms with van der Waals surface area (Å²) >= 11 is 0. The van der Waals surface area contributed by atoms with E-state index in [1.165, 1.54) is 12.1 Å². The van der Waals surface area contributed by atoms with Gasteiger partial charge in [-0.25, -0.2) is 13.2 Å². The van der Waals surface area contributed by atoms with Gasteiger partial charge in [0.2, 0.25) is 17.7 Å². The van der Waals surface area contributed by atoms with E-state index in [1.807, 2.05) is 13.8 Å². The number of anilines is 1. The largest absolute Gasteiger partial charge is 0.341 e. The van der Waals surface area contributed by atoms with Crippen LogP contribution in [0.25, 0.3) is 0 Å². The third-order valence-electron chi connectivity index (χ3n) is 9.43. The first-order chi connectivity index (χ1) is 19.9. The smallest absolute Gasteiger partial charge is 0.270 e. The Morgan fingerprint density at radius 1 is 1.00 bits per heavy atom. The zero-order chi connectivity index (χ0) is 30.0. The molecular weight excluding hydrogens is 547 g/mol. The van der Waals surface area contributed by atoms with Gasteiger partial charge in [-0.2, -0.15) is 5.10 Å². The van der Waals surface area contributed by atoms with Crippen LogP contribution in [0.5, 0.6) is 0 Å². The van der Waals surface area contributed by atoms with E-state index in [0.29, 0.717) is 36.2 Å². The van der Waals surface area contributed by atoms with Crippen LogP contribution in [-0.4, -0.2) is 57.5 Å². The van der Waals surface area contributed by atoms with Crippen molar-refractivity contribution in [1.29, 1.82) is 0 Å². The lowest BCUT2D eigenvalue weighted by atomic mass is 9.61. The Labute approximate surface area is 243 Å². The molecule has 226 valence electrons. The van der Waals surface area contributed by atoms with Gasteiger partial charge in [-0.05, 0) is 88.0 Å². The van der Waals surface area contributed by atoms with Gasteiger partial charge in [0.15, 0.2) is 0 Å². The number of carbonyl (C=O) groups excluding carboxylic acids is 3. The Morgan fingerprint density at radius 2 is 1.64 bits per heavy atom. The van der Waals surface area contributed by atoms with Crippen LogP contribution in [0.2, 0.25) is 0 Å². The molecule has 11 heteroatoms. The zero-order valence-corrected chi connectivity index (χ0v) is 24.2. The lowest BCUT2D eigenvalue weighted by molar-refractivity contribution is -0.215. The molecule has 1 saturated heterocycles. The van der Waals surface area contributed by atoms with Gasteiger partial charge < -0.3 is 15.5 Å². The highest BCUT2D eigenvalue weighted by molar-refractivity contribution is 6.01. The quantitative estimate of drug-likeness (QED) is 0.404. The highest BCUT2D eigenvalue weighted by Gasteiger charge is 2.62. The fourth-order valence-electron chi connectivity index (χ4n) is 7.07.